The third-order valence-corrected chi connectivity index (χ3v) is 6.02. The van der Waals surface area contributed by atoms with Gasteiger partial charge in [0.15, 0.2) is 11.5 Å². The molecule has 0 spiro atoms. The minimum atomic E-state index is 0.0184. The van der Waals surface area contributed by atoms with Gasteiger partial charge in [-0.3, -0.25) is 4.79 Å². The van der Waals surface area contributed by atoms with E-state index in [9.17, 15) is 4.79 Å². The fraction of sp³-hybridized carbons (Fsp3) is 0.348. The molecule has 1 aliphatic heterocycles. The van der Waals surface area contributed by atoms with E-state index in [1.807, 2.05) is 48.2 Å². The fourth-order valence-corrected chi connectivity index (χ4v) is 4.28. The largest absolute Gasteiger partial charge is 0.493 e. The number of amides is 1. The molecule has 1 aliphatic rings. The van der Waals surface area contributed by atoms with Crippen LogP contribution in [0.25, 0.3) is 11.5 Å². The van der Waals surface area contributed by atoms with Crippen LogP contribution < -0.4 is 14.2 Å². The number of nitrogens with zero attached hydrogens (tertiary/aromatic N) is 3. The Labute approximate surface area is 190 Å². The average molecular weight is 456 g/mol. The Kier molecular flexibility index (Phi) is 6.84. The maximum atomic E-state index is 12.8. The van der Waals surface area contributed by atoms with Crippen LogP contribution in [-0.4, -0.2) is 54.1 Å². The lowest BCUT2D eigenvalue weighted by atomic mass is 9.99. The Bertz CT molecular complexity index is 1100. The molecule has 0 aliphatic carbocycles. The lowest BCUT2D eigenvalue weighted by Gasteiger charge is -2.29. The second-order valence-electron chi connectivity index (χ2n) is 7.13. The lowest BCUT2D eigenvalue weighted by molar-refractivity contribution is -0.129. The second kappa shape index (κ2) is 9.95. The summed E-state index contributed by atoms with van der Waals surface area (Å²) in [5.41, 5.74) is 2.98. The zero-order valence-electron chi connectivity index (χ0n) is 18.3. The summed E-state index contributed by atoms with van der Waals surface area (Å²) >= 11 is 1.23. The fourth-order valence-electron chi connectivity index (χ4n) is 3.61. The topological polar surface area (TPSA) is 86.9 Å². The molecule has 2 heterocycles. The van der Waals surface area contributed by atoms with E-state index >= 15 is 0 Å². The number of fused-ring (bicyclic) bond motifs is 1. The van der Waals surface area contributed by atoms with Crippen LogP contribution in [0.5, 0.6) is 17.2 Å². The predicted octanol–water partition coefficient (Wildman–Crippen LogP) is 3.83. The zero-order valence-corrected chi connectivity index (χ0v) is 19.1. The van der Waals surface area contributed by atoms with Crippen LogP contribution in [0, 0.1) is 0 Å². The zero-order chi connectivity index (χ0) is 22.5. The van der Waals surface area contributed by atoms with E-state index in [0.29, 0.717) is 48.1 Å². The highest BCUT2D eigenvalue weighted by Crippen LogP contribution is 2.34. The first-order valence-corrected chi connectivity index (χ1v) is 11.3. The van der Waals surface area contributed by atoms with E-state index in [-0.39, 0.29) is 11.7 Å². The van der Waals surface area contributed by atoms with E-state index in [1.165, 1.54) is 17.3 Å². The quantitative estimate of drug-likeness (QED) is 0.474. The highest BCUT2D eigenvalue weighted by Gasteiger charge is 2.23. The summed E-state index contributed by atoms with van der Waals surface area (Å²) in [6.45, 7) is 3.65. The summed E-state index contributed by atoms with van der Waals surface area (Å²) in [6, 6.07) is 11.4. The molecule has 0 bridgehead atoms. The third-order valence-electron chi connectivity index (χ3n) is 5.21. The van der Waals surface area contributed by atoms with Gasteiger partial charge in [-0.05, 0) is 48.7 Å². The van der Waals surface area contributed by atoms with Crippen LogP contribution in [0.1, 0.15) is 18.1 Å². The Hall–Kier alpha value is -3.20. The summed E-state index contributed by atoms with van der Waals surface area (Å²) in [7, 11) is 3.23. The smallest absolute Gasteiger partial charge is 0.277 e. The minimum Gasteiger partial charge on any atom is -0.493 e. The molecular formula is C23H25N3O5S. The standard InChI is InChI=1S/C23H25N3O5S/c1-4-30-18-8-6-5-7-17(18)22-24-25-23(31-22)32-14-21(27)26-10-9-15-11-19(28-2)20(29-3)12-16(15)13-26/h5-8,11-12H,4,9-10,13-14H2,1-3H3. The van der Waals surface area contributed by atoms with Crippen molar-refractivity contribution in [2.45, 2.75) is 25.1 Å². The number of carbonyl (C=O) groups is 1. The van der Waals surface area contributed by atoms with Crippen molar-refractivity contribution in [1.29, 1.82) is 0 Å². The number of hydrogen-bond acceptors (Lipinski definition) is 8. The monoisotopic (exact) mass is 455 g/mol. The Balaban J connectivity index is 1.39. The van der Waals surface area contributed by atoms with Crippen LogP contribution in [0.2, 0.25) is 0 Å². The van der Waals surface area contributed by atoms with E-state index in [4.69, 9.17) is 18.6 Å². The van der Waals surface area contributed by atoms with Crippen LogP contribution in [0.4, 0.5) is 0 Å². The predicted molar refractivity (Wildman–Crippen MR) is 120 cm³/mol. The molecule has 4 rings (SSSR count). The molecule has 2 aromatic carbocycles. The highest BCUT2D eigenvalue weighted by atomic mass is 32.2. The summed E-state index contributed by atoms with van der Waals surface area (Å²) in [6.07, 6.45) is 0.769. The van der Waals surface area contributed by atoms with Crippen molar-refractivity contribution in [1.82, 2.24) is 15.1 Å². The van der Waals surface area contributed by atoms with Gasteiger partial charge in [-0.2, -0.15) is 0 Å². The molecule has 32 heavy (non-hydrogen) atoms. The SMILES string of the molecule is CCOc1ccccc1-c1nnc(SCC(=O)N2CCc3cc(OC)c(OC)cc3C2)o1. The van der Waals surface area contributed by atoms with Crippen LogP contribution in [-0.2, 0) is 17.8 Å². The summed E-state index contributed by atoms with van der Waals surface area (Å²) < 4.78 is 22.2. The van der Waals surface area contributed by atoms with Crippen LogP contribution in [0.3, 0.4) is 0 Å². The van der Waals surface area contributed by atoms with Crippen molar-refractivity contribution in [2.75, 3.05) is 33.1 Å². The van der Waals surface area contributed by atoms with Crippen LogP contribution >= 0.6 is 11.8 Å². The Morgan fingerprint density at radius 2 is 1.84 bits per heavy atom. The maximum Gasteiger partial charge on any atom is 0.277 e. The number of benzene rings is 2. The van der Waals surface area contributed by atoms with Crippen molar-refractivity contribution in [3.63, 3.8) is 0 Å². The molecule has 8 nitrogen and oxygen atoms in total. The van der Waals surface area contributed by atoms with E-state index < -0.39 is 0 Å². The van der Waals surface area contributed by atoms with E-state index in [2.05, 4.69) is 10.2 Å². The van der Waals surface area contributed by atoms with Crippen molar-refractivity contribution >= 4 is 17.7 Å². The van der Waals surface area contributed by atoms with Gasteiger partial charge in [0.2, 0.25) is 5.91 Å². The molecule has 168 valence electrons. The maximum absolute atomic E-state index is 12.8. The minimum absolute atomic E-state index is 0.0184. The molecule has 0 fully saturated rings. The van der Waals surface area contributed by atoms with Gasteiger partial charge in [-0.1, -0.05) is 23.9 Å². The highest BCUT2D eigenvalue weighted by molar-refractivity contribution is 7.99. The first-order valence-electron chi connectivity index (χ1n) is 10.3. The number of aromatic nitrogens is 2. The first-order chi connectivity index (χ1) is 15.6. The van der Waals surface area contributed by atoms with Crippen molar-refractivity contribution in [3.8, 4) is 28.7 Å². The third kappa shape index (κ3) is 4.67. The number of thioether (sulfide) groups is 1. The van der Waals surface area contributed by atoms with Gasteiger partial charge in [0.25, 0.3) is 11.1 Å². The van der Waals surface area contributed by atoms with Gasteiger partial charge >= 0.3 is 0 Å². The molecule has 0 atom stereocenters. The second-order valence-corrected chi connectivity index (χ2v) is 8.06. The Morgan fingerprint density at radius 1 is 1.09 bits per heavy atom. The number of methoxy groups -OCH3 is 2. The van der Waals surface area contributed by atoms with Crippen molar-refractivity contribution in [2.24, 2.45) is 0 Å². The van der Waals surface area contributed by atoms with Gasteiger partial charge in [0, 0.05) is 13.1 Å². The van der Waals surface area contributed by atoms with Crippen molar-refractivity contribution in [3.05, 3.63) is 47.5 Å². The van der Waals surface area contributed by atoms with Crippen molar-refractivity contribution < 1.29 is 23.4 Å². The molecule has 0 unspecified atom stereocenters. The molecule has 0 radical (unpaired) electrons. The van der Waals surface area contributed by atoms with Gasteiger partial charge in [0.05, 0.1) is 32.1 Å². The molecule has 3 aromatic rings. The molecular weight excluding hydrogens is 430 g/mol. The van der Waals surface area contributed by atoms with Gasteiger partial charge < -0.3 is 23.5 Å². The molecule has 1 amide bonds. The van der Waals surface area contributed by atoms with E-state index in [1.54, 1.807) is 14.2 Å². The normalized spacial score (nSPS) is 12.9. The molecule has 0 saturated carbocycles. The summed E-state index contributed by atoms with van der Waals surface area (Å²) in [5, 5.41) is 8.55. The molecule has 0 saturated heterocycles. The van der Waals surface area contributed by atoms with E-state index in [0.717, 1.165) is 17.5 Å². The molecule has 0 N–H and O–H groups in total. The van der Waals surface area contributed by atoms with Gasteiger partial charge in [-0.15, -0.1) is 10.2 Å². The molecule has 9 heteroatoms. The number of carbonyl (C=O) groups excluding carboxylic acids is 1. The lowest BCUT2D eigenvalue weighted by Crippen LogP contribution is -2.37. The van der Waals surface area contributed by atoms with Gasteiger partial charge in [0.1, 0.15) is 5.75 Å². The van der Waals surface area contributed by atoms with Crippen LogP contribution in [0.15, 0.2) is 46.0 Å². The number of ether oxygens (including phenoxy) is 3. The Morgan fingerprint density at radius 3 is 2.59 bits per heavy atom. The van der Waals surface area contributed by atoms with Gasteiger partial charge in [-0.25, -0.2) is 0 Å². The average Bonchev–Trinajstić information content (AvgIpc) is 3.30. The first kappa shape index (κ1) is 22.0. The molecule has 1 aromatic heterocycles. The number of para-hydroxylation sites is 1. The number of hydrogen-bond donors (Lipinski definition) is 0. The summed E-state index contributed by atoms with van der Waals surface area (Å²) in [4.78, 5) is 14.7. The summed E-state index contributed by atoms with van der Waals surface area (Å²) in [5.74, 6) is 2.67. The number of rotatable bonds is 8.